The van der Waals surface area contributed by atoms with Crippen molar-refractivity contribution in [2.75, 3.05) is 32.7 Å². The normalized spacial score (nSPS) is 24.8. The molecule has 1 aromatic carbocycles. The van der Waals surface area contributed by atoms with Gasteiger partial charge in [-0.2, -0.15) is 0 Å². The maximum Gasteiger partial charge on any atom is 0.225 e. The van der Waals surface area contributed by atoms with E-state index >= 15 is 0 Å². The van der Waals surface area contributed by atoms with Gasteiger partial charge >= 0.3 is 0 Å². The van der Waals surface area contributed by atoms with Crippen molar-refractivity contribution in [3.05, 3.63) is 35.4 Å². The van der Waals surface area contributed by atoms with E-state index in [1.165, 1.54) is 11.1 Å². The summed E-state index contributed by atoms with van der Waals surface area (Å²) < 4.78 is 5.84. The van der Waals surface area contributed by atoms with Crippen molar-refractivity contribution in [2.45, 2.75) is 72.4 Å². The molecule has 2 aliphatic heterocycles. The number of carbonyl (C=O) groups excluding carboxylic acids is 1. The second-order valence-electron chi connectivity index (χ2n) is 9.53. The Morgan fingerprint density at radius 2 is 1.78 bits per heavy atom. The van der Waals surface area contributed by atoms with Gasteiger partial charge in [-0.1, -0.05) is 38.1 Å². The molecule has 1 aromatic rings. The summed E-state index contributed by atoms with van der Waals surface area (Å²) in [6, 6.07) is 9.02. The van der Waals surface area contributed by atoms with Crippen LogP contribution in [0.15, 0.2) is 29.3 Å². The summed E-state index contributed by atoms with van der Waals surface area (Å²) in [6.07, 6.45) is 1.54. The molecule has 7 nitrogen and oxygen atoms in total. The fourth-order valence-electron chi connectivity index (χ4n) is 4.55. The number of nitrogens with one attached hydrogen (secondary N) is 2. The van der Waals surface area contributed by atoms with E-state index in [0.717, 1.165) is 51.6 Å². The molecule has 2 heterocycles. The van der Waals surface area contributed by atoms with Crippen LogP contribution >= 0.6 is 0 Å². The minimum atomic E-state index is 0.0497. The van der Waals surface area contributed by atoms with Gasteiger partial charge in [0.15, 0.2) is 5.96 Å². The second-order valence-corrected chi connectivity index (χ2v) is 9.53. The maximum absolute atomic E-state index is 12.2. The largest absolute Gasteiger partial charge is 0.373 e. The van der Waals surface area contributed by atoms with E-state index in [9.17, 15) is 4.79 Å². The van der Waals surface area contributed by atoms with Crippen molar-refractivity contribution in [1.82, 2.24) is 20.4 Å². The van der Waals surface area contributed by atoms with Crippen molar-refractivity contribution in [1.29, 1.82) is 0 Å². The van der Waals surface area contributed by atoms with Gasteiger partial charge in [-0.25, -0.2) is 4.99 Å². The minimum absolute atomic E-state index is 0.0497. The van der Waals surface area contributed by atoms with E-state index in [2.05, 4.69) is 60.6 Å². The van der Waals surface area contributed by atoms with Crippen LogP contribution in [-0.2, 0) is 22.6 Å². The average Bonchev–Trinajstić information content (AvgIpc) is 3.20. The third-order valence-electron chi connectivity index (χ3n) is 6.02. The molecule has 32 heavy (non-hydrogen) atoms. The Balaban J connectivity index is 1.52. The first-order valence-electron chi connectivity index (χ1n) is 12.1. The van der Waals surface area contributed by atoms with Crippen LogP contribution in [0.4, 0.5) is 0 Å². The Morgan fingerprint density at radius 1 is 1.12 bits per heavy atom. The molecule has 2 aliphatic rings. The maximum atomic E-state index is 12.2. The molecule has 3 rings (SSSR count). The standard InChI is InChI=1S/C25H41N5O2/c1-6-26-25(28-23-11-12-30(17-23)24(31)18(2)3)27-13-21-7-9-22(10-8-21)16-29-14-19(4)32-20(5)15-29/h7-10,18-20,23H,6,11-17H2,1-5H3,(H2,26,27,28). The third kappa shape index (κ3) is 7.20. The van der Waals surface area contributed by atoms with Gasteiger partial charge < -0.3 is 20.3 Å². The molecule has 0 bridgehead atoms. The number of benzene rings is 1. The molecule has 2 fully saturated rings. The van der Waals surface area contributed by atoms with Gasteiger partial charge in [0, 0.05) is 51.2 Å². The van der Waals surface area contributed by atoms with Crippen LogP contribution < -0.4 is 10.6 Å². The van der Waals surface area contributed by atoms with Crippen molar-refractivity contribution in [2.24, 2.45) is 10.9 Å². The zero-order valence-corrected chi connectivity index (χ0v) is 20.4. The first kappa shape index (κ1) is 24.5. The number of hydrogen-bond acceptors (Lipinski definition) is 4. The lowest BCUT2D eigenvalue weighted by Gasteiger charge is -2.35. The predicted molar refractivity (Wildman–Crippen MR) is 130 cm³/mol. The van der Waals surface area contributed by atoms with E-state index < -0.39 is 0 Å². The van der Waals surface area contributed by atoms with Gasteiger partial charge in [-0.15, -0.1) is 0 Å². The van der Waals surface area contributed by atoms with Gasteiger partial charge in [-0.3, -0.25) is 9.69 Å². The lowest BCUT2D eigenvalue weighted by Crippen LogP contribution is -2.45. The molecular formula is C25H41N5O2. The lowest BCUT2D eigenvalue weighted by atomic mass is 10.1. The van der Waals surface area contributed by atoms with E-state index in [1.54, 1.807) is 0 Å². The summed E-state index contributed by atoms with van der Waals surface area (Å²) in [4.78, 5) is 21.4. The molecule has 178 valence electrons. The summed E-state index contributed by atoms with van der Waals surface area (Å²) >= 11 is 0. The fourth-order valence-corrected chi connectivity index (χ4v) is 4.55. The highest BCUT2D eigenvalue weighted by Gasteiger charge is 2.28. The Bertz CT molecular complexity index is 754. The Morgan fingerprint density at radius 3 is 2.41 bits per heavy atom. The molecule has 3 unspecified atom stereocenters. The first-order chi connectivity index (χ1) is 15.3. The Labute approximate surface area is 193 Å². The number of carbonyl (C=O) groups is 1. The summed E-state index contributed by atoms with van der Waals surface area (Å²) in [5.41, 5.74) is 2.52. The average molecular weight is 444 g/mol. The number of hydrogen-bond donors (Lipinski definition) is 2. The SMILES string of the molecule is CCNC(=NCc1ccc(CN2CC(C)OC(C)C2)cc1)NC1CCN(C(=O)C(C)C)C1. The number of amides is 1. The Kier molecular flexibility index (Phi) is 8.93. The van der Waals surface area contributed by atoms with E-state index in [1.807, 2.05) is 18.7 Å². The van der Waals surface area contributed by atoms with Crippen LogP contribution in [0.5, 0.6) is 0 Å². The molecule has 1 amide bonds. The number of nitrogens with zero attached hydrogens (tertiary/aromatic N) is 3. The molecule has 0 radical (unpaired) electrons. The molecule has 2 N–H and O–H groups in total. The van der Waals surface area contributed by atoms with Gasteiger partial charge in [0.25, 0.3) is 0 Å². The molecule has 0 aliphatic carbocycles. The second kappa shape index (κ2) is 11.7. The van der Waals surface area contributed by atoms with Crippen LogP contribution in [0, 0.1) is 5.92 Å². The van der Waals surface area contributed by atoms with E-state index in [0.29, 0.717) is 18.8 Å². The summed E-state index contributed by atoms with van der Waals surface area (Å²) in [5, 5.41) is 6.85. The van der Waals surface area contributed by atoms with Crippen LogP contribution in [0.25, 0.3) is 0 Å². The van der Waals surface area contributed by atoms with Crippen LogP contribution in [0.3, 0.4) is 0 Å². The number of morpholine rings is 1. The number of rotatable bonds is 7. The summed E-state index contributed by atoms with van der Waals surface area (Å²) in [6.45, 7) is 16.2. The smallest absolute Gasteiger partial charge is 0.225 e. The highest BCUT2D eigenvalue weighted by atomic mass is 16.5. The van der Waals surface area contributed by atoms with Gasteiger partial charge in [0.1, 0.15) is 0 Å². The van der Waals surface area contributed by atoms with Gasteiger partial charge in [0.05, 0.1) is 18.8 Å². The number of aliphatic imine (C=N–C) groups is 1. The zero-order chi connectivity index (χ0) is 23.1. The number of guanidine groups is 1. The highest BCUT2D eigenvalue weighted by molar-refractivity contribution is 5.81. The van der Waals surface area contributed by atoms with E-state index in [-0.39, 0.29) is 17.9 Å². The molecule has 0 aromatic heterocycles. The van der Waals surface area contributed by atoms with E-state index in [4.69, 9.17) is 9.73 Å². The third-order valence-corrected chi connectivity index (χ3v) is 6.02. The van der Waals surface area contributed by atoms with Crippen molar-refractivity contribution in [3.8, 4) is 0 Å². The quantitative estimate of drug-likeness (QED) is 0.501. The summed E-state index contributed by atoms with van der Waals surface area (Å²) in [7, 11) is 0. The van der Waals surface area contributed by atoms with Crippen molar-refractivity contribution in [3.63, 3.8) is 0 Å². The molecular weight excluding hydrogens is 402 g/mol. The zero-order valence-electron chi connectivity index (χ0n) is 20.4. The van der Waals surface area contributed by atoms with Crippen molar-refractivity contribution < 1.29 is 9.53 Å². The highest BCUT2D eigenvalue weighted by Crippen LogP contribution is 2.16. The number of ether oxygens (including phenoxy) is 1. The van der Waals surface area contributed by atoms with Crippen molar-refractivity contribution >= 4 is 11.9 Å². The monoisotopic (exact) mass is 443 g/mol. The topological polar surface area (TPSA) is 69.2 Å². The summed E-state index contributed by atoms with van der Waals surface area (Å²) in [5.74, 6) is 1.10. The molecule has 3 atom stereocenters. The number of likely N-dealkylation sites (tertiary alicyclic amines) is 1. The molecule has 7 heteroatoms. The van der Waals surface area contributed by atoms with Gasteiger partial charge in [0.2, 0.25) is 5.91 Å². The fraction of sp³-hybridized carbons (Fsp3) is 0.680. The first-order valence-corrected chi connectivity index (χ1v) is 12.1. The van der Waals surface area contributed by atoms with Crippen LogP contribution in [0.1, 0.15) is 52.2 Å². The minimum Gasteiger partial charge on any atom is -0.373 e. The molecule has 2 saturated heterocycles. The van der Waals surface area contributed by atoms with Crippen LogP contribution in [-0.4, -0.2) is 72.6 Å². The Hall–Kier alpha value is -2.12. The lowest BCUT2D eigenvalue weighted by molar-refractivity contribution is -0.133. The van der Waals surface area contributed by atoms with Gasteiger partial charge in [-0.05, 0) is 38.3 Å². The van der Waals surface area contributed by atoms with Crippen LogP contribution in [0.2, 0.25) is 0 Å². The predicted octanol–water partition coefficient (Wildman–Crippen LogP) is 2.61. The molecule has 0 spiro atoms. The molecule has 0 saturated carbocycles.